The number of ether oxygens (including phenoxy) is 3. The molecule has 0 spiro atoms. The zero-order valence-electron chi connectivity index (χ0n) is 14.9. The minimum atomic E-state index is -0.430. The fourth-order valence-corrected chi connectivity index (χ4v) is 4.23. The molecule has 142 valence electrons. The molecule has 1 heterocycles. The molecule has 0 aromatic heterocycles. The first kappa shape index (κ1) is 17.3. The predicted octanol–water partition coefficient (Wildman–Crippen LogP) is 2.30. The van der Waals surface area contributed by atoms with Crippen molar-refractivity contribution in [1.82, 2.24) is 0 Å². The molecule has 1 saturated heterocycles. The summed E-state index contributed by atoms with van der Waals surface area (Å²) in [6.07, 6.45) is 0.572. The van der Waals surface area contributed by atoms with E-state index < -0.39 is 11.8 Å². The molecule has 1 aliphatic heterocycles. The topological polar surface area (TPSA) is 105 Å². The normalized spacial score (nSPS) is 23.3. The summed E-state index contributed by atoms with van der Waals surface area (Å²) in [6, 6.07) is 6.34. The molecule has 2 aromatic carbocycles. The van der Waals surface area contributed by atoms with Crippen LogP contribution in [0, 0.1) is 11.8 Å². The molecule has 1 fully saturated rings. The van der Waals surface area contributed by atoms with E-state index in [1.807, 2.05) is 0 Å². The van der Waals surface area contributed by atoms with Crippen LogP contribution in [0.1, 0.15) is 22.6 Å². The summed E-state index contributed by atoms with van der Waals surface area (Å²) in [4.78, 5) is 12.5. The fourth-order valence-electron chi connectivity index (χ4n) is 4.23. The van der Waals surface area contributed by atoms with Crippen LogP contribution in [0.25, 0.3) is 0 Å². The third-order valence-electron chi connectivity index (χ3n) is 5.49. The molecule has 1 aliphatic carbocycles. The summed E-state index contributed by atoms with van der Waals surface area (Å²) in [7, 11) is 2.87. The van der Waals surface area contributed by atoms with Gasteiger partial charge in [-0.3, -0.25) is 4.79 Å². The number of hydrogen-bond donors (Lipinski definition) is 3. The molecule has 0 bridgehead atoms. The lowest BCUT2D eigenvalue weighted by atomic mass is 9.67. The quantitative estimate of drug-likeness (QED) is 0.561. The Kier molecular flexibility index (Phi) is 4.02. The lowest BCUT2D eigenvalue weighted by Crippen LogP contribution is -2.31. The Bertz CT molecular complexity index is 896. The summed E-state index contributed by atoms with van der Waals surface area (Å²) in [5, 5.41) is 30.2. The zero-order chi connectivity index (χ0) is 19.3. The first-order valence-electron chi connectivity index (χ1n) is 8.60. The molecule has 0 saturated carbocycles. The van der Waals surface area contributed by atoms with E-state index >= 15 is 0 Å². The van der Waals surface area contributed by atoms with Crippen LogP contribution in [0.3, 0.4) is 0 Å². The summed E-state index contributed by atoms with van der Waals surface area (Å²) >= 11 is 0. The fraction of sp³-hybridized carbons (Fsp3) is 0.350. The van der Waals surface area contributed by atoms with E-state index in [1.165, 1.54) is 26.4 Å². The largest absolute Gasteiger partial charge is 0.504 e. The van der Waals surface area contributed by atoms with Gasteiger partial charge < -0.3 is 29.5 Å². The number of esters is 1. The van der Waals surface area contributed by atoms with E-state index in [2.05, 4.69) is 0 Å². The van der Waals surface area contributed by atoms with Gasteiger partial charge in [-0.25, -0.2) is 0 Å². The highest BCUT2D eigenvalue weighted by Crippen LogP contribution is 2.51. The van der Waals surface area contributed by atoms with Crippen LogP contribution in [-0.2, 0) is 16.0 Å². The van der Waals surface area contributed by atoms with Crippen LogP contribution >= 0.6 is 0 Å². The highest BCUT2D eigenvalue weighted by molar-refractivity contribution is 5.78. The molecule has 27 heavy (non-hydrogen) atoms. The number of rotatable bonds is 3. The van der Waals surface area contributed by atoms with Crippen LogP contribution in [0.4, 0.5) is 0 Å². The van der Waals surface area contributed by atoms with Gasteiger partial charge in [-0.1, -0.05) is 0 Å². The number of fused-ring (bicyclic) bond motifs is 2. The molecule has 3 N–H and O–H groups in total. The van der Waals surface area contributed by atoms with Gasteiger partial charge in [0.1, 0.15) is 0 Å². The number of aromatic hydroxyl groups is 3. The van der Waals surface area contributed by atoms with Gasteiger partial charge in [0.2, 0.25) is 5.75 Å². The van der Waals surface area contributed by atoms with E-state index in [-0.39, 0.29) is 40.6 Å². The number of carbonyl (C=O) groups is 1. The van der Waals surface area contributed by atoms with Gasteiger partial charge >= 0.3 is 5.97 Å². The monoisotopic (exact) mass is 372 g/mol. The maximum absolute atomic E-state index is 12.5. The Morgan fingerprint density at radius 3 is 2.26 bits per heavy atom. The average molecular weight is 372 g/mol. The summed E-state index contributed by atoms with van der Waals surface area (Å²) in [5.41, 5.74) is 2.28. The third-order valence-corrected chi connectivity index (χ3v) is 5.49. The maximum Gasteiger partial charge on any atom is 0.310 e. The first-order valence-corrected chi connectivity index (χ1v) is 8.60. The first-order chi connectivity index (χ1) is 12.9. The van der Waals surface area contributed by atoms with Crippen molar-refractivity contribution in [3.8, 4) is 28.7 Å². The molecule has 7 nitrogen and oxygen atoms in total. The number of cyclic esters (lactones) is 1. The van der Waals surface area contributed by atoms with Gasteiger partial charge in [-0.15, -0.1) is 0 Å². The molecule has 2 aliphatic rings. The third kappa shape index (κ3) is 2.61. The van der Waals surface area contributed by atoms with Crippen molar-refractivity contribution in [3.63, 3.8) is 0 Å². The molecule has 2 aromatic rings. The predicted molar refractivity (Wildman–Crippen MR) is 94.5 cm³/mol. The summed E-state index contributed by atoms with van der Waals surface area (Å²) < 4.78 is 15.8. The molecule has 4 rings (SSSR count). The molecule has 0 unspecified atom stereocenters. The zero-order valence-corrected chi connectivity index (χ0v) is 14.9. The van der Waals surface area contributed by atoms with Gasteiger partial charge in [0.15, 0.2) is 23.0 Å². The van der Waals surface area contributed by atoms with Gasteiger partial charge in [0.25, 0.3) is 0 Å². The van der Waals surface area contributed by atoms with Crippen molar-refractivity contribution in [2.45, 2.75) is 12.3 Å². The number of carbonyl (C=O) groups excluding carboxylic acids is 1. The Balaban J connectivity index is 1.95. The van der Waals surface area contributed by atoms with Crippen LogP contribution < -0.4 is 9.47 Å². The number of hydrogen-bond acceptors (Lipinski definition) is 7. The maximum atomic E-state index is 12.5. The van der Waals surface area contributed by atoms with Crippen LogP contribution in [0.5, 0.6) is 28.7 Å². The minimum absolute atomic E-state index is 0.0373. The smallest absolute Gasteiger partial charge is 0.310 e. The SMILES string of the molecule is COc1cc([C@@H]2c3cc(O)c(O)cc3C[C@H]3COC(=O)[C@@H]32)cc(OC)c1O. The van der Waals surface area contributed by atoms with Crippen molar-refractivity contribution in [3.05, 3.63) is 41.0 Å². The van der Waals surface area contributed by atoms with Crippen molar-refractivity contribution in [2.75, 3.05) is 20.8 Å². The van der Waals surface area contributed by atoms with E-state index in [0.29, 0.717) is 18.6 Å². The van der Waals surface area contributed by atoms with E-state index in [4.69, 9.17) is 14.2 Å². The highest BCUT2D eigenvalue weighted by Gasteiger charge is 2.48. The average Bonchev–Trinajstić information content (AvgIpc) is 3.02. The molecule has 0 radical (unpaired) electrons. The molecule has 3 atom stereocenters. The molecular weight excluding hydrogens is 352 g/mol. The van der Waals surface area contributed by atoms with Crippen molar-refractivity contribution in [2.24, 2.45) is 11.8 Å². The van der Waals surface area contributed by atoms with Crippen LogP contribution in [0.2, 0.25) is 0 Å². The summed E-state index contributed by atoms with van der Waals surface area (Å²) in [5.74, 6) is -1.31. The van der Waals surface area contributed by atoms with Crippen LogP contribution in [0.15, 0.2) is 24.3 Å². The van der Waals surface area contributed by atoms with Gasteiger partial charge in [-0.05, 0) is 47.4 Å². The number of benzene rings is 2. The lowest BCUT2D eigenvalue weighted by molar-refractivity contribution is -0.141. The van der Waals surface area contributed by atoms with E-state index in [9.17, 15) is 20.1 Å². The Morgan fingerprint density at radius 1 is 1.00 bits per heavy atom. The second-order valence-electron chi connectivity index (χ2n) is 6.91. The van der Waals surface area contributed by atoms with E-state index in [1.54, 1.807) is 12.1 Å². The second kappa shape index (κ2) is 6.26. The standard InChI is InChI=1S/C20H20O7/c1-25-15-5-10(6-16(26-2)19(15)23)17-12-7-14(22)13(21)4-9(12)3-11-8-27-20(24)18(11)17/h4-7,11,17-18,21-23H,3,8H2,1-2H3/t11-,17+,18-/m0/s1. The van der Waals surface area contributed by atoms with Gasteiger partial charge in [0.05, 0.1) is 26.7 Å². The van der Waals surface area contributed by atoms with Gasteiger partial charge in [0, 0.05) is 11.8 Å². The Labute approximate surface area is 155 Å². The van der Waals surface area contributed by atoms with Crippen LogP contribution in [-0.4, -0.2) is 42.1 Å². The number of phenolic OH excluding ortho intramolecular Hbond substituents is 3. The van der Waals surface area contributed by atoms with Crippen molar-refractivity contribution >= 4 is 5.97 Å². The van der Waals surface area contributed by atoms with E-state index in [0.717, 1.165) is 11.1 Å². The Hall–Kier alpha value is -3.09. The lowest BCUT2D eigenvalue weighted by Gasteiger charge is -2.33. The second-order valence-corrected chi connectivity index (χ2v) is 6.91. The molecule has 0 amide bonds. The number of phenols is 3. The molecular formula is C20H20O7. The van der Waals surface area contributed by atoms with Crippen molar-refractivity contribution < 1.29 is 34.3 Å². The highest BCUT2D eigenvalue weighted by atomic mass is 16.5. The number of methoxy groups -OCH3 is 2. The minimum Gasteiger partial charge on any atom is -0.504 e. The summed E-state index contributed by atoms with van der Waals surface area (Å²) in [6.45, 7) is 0.313. The van der Waals surface area contributed by atoms with Crippen molar-refractivity contribution in [1.29, 1.82) is 0 Å². The molecule has 7 heteroatoms. The Morgan fingerprint density at radius 2 is 1.63 bits per heavy atom. The van der Waals surface area contributed by atoms with Gasteiger partial charge in [-0.2, -0.15) is 0 Å².